The highest BCUT2D eigenvalue weighted by Crippen LogP contribution is 2.35. The van der Waals surface area contributed by atoms with E-state index in [-0.39, 0.29) is 32.5 Å². The lowest BCUT2D eigenvalue weighted by molar-refractivity contribution is 0.0997. The number of sulfonamides is 1. The minimum absolute atomic E-state index is 0.0224. The van der Waals surface area contributed by atoms with Gasteiger partial charge in [0.05, 0.1) is 22.3 Å². The van der Waals surface area contributed by atoms with Crippen LogP contribution in [0.2, 0.25) is 0 Å². The van der Waals surface area contributed by atoms with Crippen LogP contribution < -0.4 is 10.9 Å². The maximum Gasteiger partial charge on any atom is 0.250 e. The van der Waals surface area contributed by atoms with Gasteiger partial charge in [-0.15, -0.1) is 11.8 Å². The van der Waals surface area contributed by atoms with Gasteiger partial charge in [-0.25, -0.2) is 23.5 Å². The van der Waals surface area contributed by atoms with Crippen LogP contribution in [0.25, 0.3) is 11.4 Å². The number of carbonyl (C=O) groups excluding carboxylic acids is 1. The normalized spacial score (nSPS) is 11.0. The summed E-state index contributed by atoms with van der Waals surface area (Å²) in [6.07, 6.45) is 1.51. The van der Waals surface area contributed by atoms with Gasteiger partial charge in [0.15, 0.2) is 5.82 Å². The number of benzene rings is 1. The summed E-state index contributed by atoms with van der Waals surface area (Å²) in [7, 11) is -4.11. The third-order valence-corrected chi connectivity index (χ3v) is 5.06. The number of aromatic nitrogens is 2. The summed E-state index contributed by atoms with van der Waals surface area (Å²) in [4.78, 5) is 20.0. The second-order valence-electron chi connectivity index (χ2n) is 4.69. The van der Waals surface area contributed by atoms with Gasteiger partial charge in [0.2, 0.25) is 10.0 Å². The van der Waals surface area contributed by atoms with Gasteiger partial charge in [-0.05, 0) is 25.1 Å². The van der Waals surface area contributed by atoms with E-state index in [0.29, 0.717) is 5.69 Å². The zero-order valence-electron chi connectivity index (χ0n) is 12.6. The molecule has 1 aromatic carbocycles. The van der Waals surface area contributed by atoms with Crippen molar-refractivity contribution in [1.82, 2.24) is 9.97 Å². The molecule has 1 aromatic heterocycles. The molecule has 0 atom stereocenters. The summed E-state index contributed by atoms with van der Waals surface area (Å²) in [6.45, 7) is 1.75. The van der Waals surface area contributed by atoms with Crippen LogP contribution in [-0.4, -0.2) is 30.0 Å². The highest BCUT2D eigenvalue weighted by Gasteiger charge is 2.25. The molecule has 0 aliphatic rings. The Morgan fingerprint density at radius 2 is 2.08 bits per heavy atom. The zero-order chi connectivity index (χ0) is 17.9. The lowest BCUT2D eigenvalue weighted by atomic mass is 10.1. The van der Waals surface area contributed by atoms with Crippen molar-refractivity contribution in [1.29, 1.82) is 5.26 Å². The number of primary amides is 1. The molecule has 0 radical (unpaired) electrons. The molecular formula is C14H13N5O3S2. The average molecular weight is 363 g/mol. The summed E-state index contributed by atoms with van der Waals surface area (Å²) in [6, 6.07) is 6.18. The van der Waals surface area contributed by atoms with E-state index in [1.807, 2.05) is 6.07 Å². The van der Waals surface area contributed by atoms with Crippen molar-refractivity contribution in [2.24, 2.45) is 10.9 Å². The third-order valence-electron chi connectivity index (χ3n) is 2.99. The van der Waals surface area contributed by atoms with Crippen molar-refractivity contribution < 1.29 is 13.2 Å². The van der Waals surface area contributed by atoms with E-state index in [4.69, 9.17) is 16.1 Å². The Kier molecular flexibility index (Phi) is 5.18. The molecule has 0 unspecified atom stereocenters. The van der Waals surface area contributed by atoms with E-state index in [1.165, 1.54) is 18.3 Å². The van der Waals surface area contributed by atoms with Crippen LogP contribution in [0.5, 0.6) is 0 Å². The molecule has 0 aliphatic carbocycles. The van der Waals surface area contributed by atoms with Gasteiger partial charge < -0.3 is 5.73 Å². The summed E-state index contributed by atoms with van der Waals surface area (Å²) in [5.74, 6) is -0.717. The molecule has 124 valence electrons. The first-order valence-corrected chi connectivity index (χ1v) is 9.08. The molecule has 0 aliphatic heterocycles. The molecule has 0 spiro atoms. The predicted molar refractivity (Wildman–Crippen MR) is 88.4 cm³/mol. The largest absolute Gasteiger partial charge is 0.366 e. The van der Waals surface area contributed by atoms with Crippen LogP contribution in [0.3, 0.4) is 0 Å². The number of rotatable bonds is 5. The van der Waals surface area contributed by atoms with Crippen molar-refractivity contribution in [3.05, 3.63) is 35.7 Å². The lowest BCUT2D eigenvalue weighted by Crippen LogP contribution is -2.19. The number of primary sulfonamides is 1. The highest BCUT2D eigenvalue weighted by atomic mass is 32.2. The van der Waals surface area contributed by atoms with E-state index in [1.54, 1.807) is 13.0 Å². The van der Waals surface area contributed by atoms with Gasteiger partial charge in [0.25, 0.3) is 5.91 Å². The Hall–Kier alpha value is -2.48. The van der Waals surface area contributed by atoms with E-state index < -0.39 is 15.9 Å². The van der Waals surface area contributed by atoms with Gasteiger partial charge in [-0.3, -0.25) is 4.79 Å². The molecule has 10 heteroatoms. The Bertz CT molecular complexity index is 951. The Morgan fingerprint density at radius 3 is 2.62 bits per heavy atom. The standard InChI is InChI=1S/C14H13N5O3S2/c1-8-4-6-18-14(19-8)9-2-3-10(24(17,21)22)12(23-7-5-15)11(9)13(16)20/h2-4,6H,7H2,1H3,(H2,16,20)(H2,17,21,22). The number of nitrogens with two attached hydrogens (primary N) is 2. The predicted octanol–water partition coefficient (Wildman–Crippen LogP) is 0.814. The molecule has 2 aromatic rings. The molecule has 4 N–H and O–H groups in total. The van der Waals surface area contributed by atoms with Crippen LogP contribution >= 0.6 is 11.8 Å². The van der Waals surface area contributed by atoms with Crippen molar-refractivity contribution >= 4 is 27.7 Å². The summed E-state index contributed by atoms with van der Waals surface area (Å²) in [5, 5.41) is 14.0. The lowest BCUT2D eigenvalue weighted by Gasteiger charge is -2.14. The van der Waals surface area contributed by atoms with Gasteiger partial charge in [0, 0.05) is 22.3 Å². The Morgan fingerprint density at radius 1 is 1.38 bits per heavy atom. The Labute approximate surface area is 143 Å². The summed E-state index contributed by atoms with van der Waals surface area (Å²) < 4.78 is 23.6. The van der Waals surface area contributed by atoms with E-state index >= 15 is 0 Å². The molecule has 24 heavy (non-hydrogen) atoms. The van der Waals surface area contributed by atoms with Crippen molar-refractivity contribution in [3.8, 4) is 17.5 Å². The van der Waals surface area contributed by atoms with Gasteiger partial charge in [-0.1, -0.05) is 0 Å². The average Bonchev–Trinajstić information content (AvgIpc) is 2.50. The first-order chi connectivity index (χ1) is 11.3. The number of aryl methyl sites for hydroxylation is 1. The number of hydrogen-bond donors (Lipinski definition) is 2. The third kappa shape index (κ3) is 3.70. The monoisotopic (exact) mass is 363 g/mol. The molecular weight excluding hydrogens is 350 g/mol. The van der Waals surface area contributed by atoms with Gasteiger partial charge in [-0.2, -0.15) is 5.26 Å². The molecule has 0 bridgehead atoms. The van der Waals surface area contributed by atoms with E-state index in [9.17, 15) is 13.2 Å². The van der Waals surface area contributed by atoms with Gasteiger partial charge in [0.1, 0.15) is 0 Å². The SMILES string of the molecule is Cc1ccnc(-c2ccc(S(N)(=O)=O)c(SCC#N)c2C(N)=O)n1. The highest BCUT2D eigenvalue weighted by molar-refractivity contribution is 8.00. The number of hydrogen-bond acceptors (Lipinski definition) is 7. The first-order valence-electron chi connectivity index (χ1n) is 6.55. The maximum absolute atomic E-state index is 12.0. The van der Waals surface area contributed by atoms with Crippen LogP contribution in [0.1, 0.15) is 16.1 Å². The molecule has 1 amide bonds. The summed E-state index contributed by atoms with van der Waals surface area (Å²) in [5.41, 5.74) is 6.31. The number of carbonyl (C=O) groups is 1. The zero-order valence-corrected chi connectivity index (χ0v) is 14.2. The summed E-state index contributed by atoms with van der Waals surface area (Å²) >= 11 is 0.865. The number of amides is 1. The van der Waals surface area contributed by atoms with E-state index in [0.717, 1.165) is 11.8 Å². The molecule has 2 rings (SSSR count). The molecule has 1 heterocycles. The first kappa shape index (κ1) is 17.9. The number of nitrogens with zero attached hydrogens (tertiary/aromatic N) is 3. The van der Waals surface area contributed by atoms with Crippen LogP contribution in [0.15, 0.2) is 34.2 Å². The second-order valence-corrected chi connectivity index (χ2v) is 7.21. The fourth-order valence-corrected chi connectivity index (χ4v) is 3.96. The Balaban J connectivity index is 2.83. The number of thioether (sulfide) groups is 1. The fourth-order valence-electron chi connectivity index (χ4n) is 2.04. The second kappa shape index (κ2) is 6.96. The fraction of sp³-hybridized carbons (Fsp3) is 0.143. The van der Waals surface area contributed by atoms with Gasteiger partial charge >= 0.3 is 0 Å². The van der Waals surface area contributed by atoms with Crippen molar-refractivity contribution in [2.45, 2.75) is 16.7 Å². The topological polar surface area (TPSA) is 153 Å². The van der Waals surface area contributed by atoms with Crippen molar-refractivity contribution in [3.63, 3.8) is 0 Å². The van der Waals surface area contributed by atoms with Crippen LogP contribution in [0.4, 0.5) is 0 Å². The quantitative estimate of drug-likeness (QED) is 0.745. The molecule has 0 saturated heterocycles. The van der Waals surface area contributed by atoms with Crippen molar-refractivity contribution in [2.75, 3.05) is 5.75 Å². The molecule has 0 saturated carbocycles. The molecule has 8 nitrogen and oxygen atoms in total. The smallest absolute Gasteiger partial charge is 0.250 e. The van der Waals surface area contributed by atoms with Crippen LogP contribution in [0, 0.1) is 18.3 Å². The maximum atomic E-state index is 12.0. The van der Waals surface area contributed by atoms with Crippen LogP contribution in [-0.2, 0) is 10.0 Å². The van der Waals surface area contributed by atoms with E-state index in [2.05, 4.69) is 9.97 Å². The minimum atomic E-state index is -4.11. The minimum Gasteiger partial charge on any atom is -0.366 e. The molecule has 0 fully saturated rings. The number of nitriles is 1.